The first-order chi connectivity index (χ1) is 15.4. The molecule has 0 bridgehead atoms. The van der Waals surface area contributed by atoms with E-state index in [0.717, 1.165) is 19.1 Å². The Kier molecular flexibility index (Phi) is 19.8. The van der Waals surface area contributed by atoms with E-state index in [9.17, 15) is 14.7 Å². The molecule has 0 radical (unpaired) electrons. The Morgan fingerprint density at radius 3 is 1.74 bits per heavy atom. The van der Waals surface area contributed by atoms with Gasteiger partial charge in [0, 0.05) is 34.1 Å². The van der Waals surface area contributed by atoms with Gasteiger partial charge in [0.2, 0.25) is 0 Å². The lowest BCUT2D eigenvalue weighted by Gasteiger charge is -2.18. The maximum Gasteiger partial charge on any atom is 0.303 e. The molecule has 11 atom stereocenters. The van der Waals surface area contributed by atoms with Gasteiger partial charge >= 0.3 is 5.97 Å². The van der Waals surface area contributed by atoms with Gasteiger partial charge in [-0.3, -0.25) is 4.79 Å². The standard InChI is InChI=1S/C10H18O2S.C8H15BrO.C8H16OS.CH4/c1-5-9-6(2)7(3)10(13-9)12-8(4)11;1-4-8(9)7(3)6(2)5-10;1-4-7-5(2)6(3)8(9)10-7;/h6-7,9-10H,5H2,1-4H3;5-8H,4H2,1-3H3;5-9H,4H2,1-3H3;1H4/t6-,7-,9+,10?;6-,7+,8+;5-,6-,7+,8?;/m010./s1. The second kappa shape index (κ2) is 18.5. The number of hydrogen-bond donors (Lipinski definition) is 1. The second-order valence-corrected chi connectivity index (χ2v) is 13.6. The summed E-state index contributed by atoms with van der Waals surface area (Å²) < 4.78 is 5.25. The first-order valence-electron chi connectivity index (χ1n) is 12.6. The molecule has 4 nitrogen and oxygen atoms in total. The highest BCUT2D eigenvalue weighted by molar-refractivity contribution is 9.09. The van der Waals surface area contributed by atoms with Gasteiger partial charge in [0.15, 0.2) is 5.44 Å². The molecule has 0 aliphatic carbocycles. The monoisotopic (exact) mass is 584 g/mol. The fourth-order valence-corrected chi connectivity index (χ4v) is 7.83. The van der Waals surface area contributed by atoms with E-state index in [-0.39, 0.29) is 30.2 Å². The lowest BCUT2D eigenvalue weighted by atomic mass is 9.92. The molecular formula is C27H53BrO4S2. The number of aldehydes is 1. The van der Waals surface area contributed by atoms with Crippen LogP contribution < -0.4 is 0 Å². The molecule has 2 aliphatic heterocycles. The number of alkyl halides is 1. The van der Waals surface area contributed by atoms with Crippen LogP contribution in [0.25, 0.3) is 0 Å². The van der Waals surface area contributed by atoms with Crippen LogP contribution in [0, 0.1) is 35.5 Å². The summed E-state index contributed by atoms with van der Waals surface area (Å²) in [5.41, 5.74) is -0.0302. The number of aliphatic hydroxyl groups is 1. The molecule has 7 heteroatoms. The van der Waals surface area contributed by atoms with Crippen molar-refractivity contribution in [2.24, 2.45) is 35.5 Å². The average molecular weight is 586 g/mol. The van der Waals surface area contributed by atoms with Crippen molar-refractivity contribution in [3.05, 3.63) is 0 Å². The topological polar surface area (TPSA) is 63.6 Å². The van der Waals surface area contributed by atoms with E-state index in [1.54, 1.807) is 11.8 Å². The average Bonchev–Trinajstić information content (AvgIpc) is 3.21. The summed E-state index contributed by atoms with van der Waals surface area (Å²) in [4.78, 5) is 21.6. The smallest absolute Gasteiger partial charge is 0.303 e. The summed E-state index contributed by atoms with van der Waals surface area (Å²) in [6, 6.07) is 0. The van der Waals surface area contributed by atoms with Crippen LogP contribution in [0.15, 0.2) is 0 Å². The number of halogens is 1. The summed E-state index contributed by atoms with van der Waals surface area (Å²) in [5, 5.41) is 10.8. The van der Waals surface area contributed by atoms with Gasteiger partial charge in [-0.1, -0.05) is 85.7 Å². The van der Waals surface area contributed by atoms with Crippen molar-refractivity contribution in [3.63, 3.8) is 0 Å². The van der Waals surface area contributed by atoms with Gasteiger partial charge in [-0.05, 0) is 42.9 Å². The minimum atomic E-state index is -0.159. The number of aliphatic hydroxyl groups excluding tert-OH is 1. The summed E-state index contributed by atoms with van der Waals surface area (Å²) in [5.74, 6) is 2.76. The van der Waals surface area contributed by atoms with Crippen LogP contribution in [0.3, 0.4) is 0 Å². The predicted octanol–water partition coefficient (Wildman–Crippen LogP) is 8.04. The van der Waals surface area contributed by atoms with Gasteiger partial charge < -0.3 is 14.6 Å². The molecule has 2 rings (SSSR count). The molecule has 34 heavy (non-hydrogen) atoms. The SMILES string of the molecule is C.CC[C@H](Br)[C@@H](C)[C@H](C)C=O.CC[C@H]1SC(O)[C@@H](C)[C@@H]1C.CC[C@H]1SC(OC(C)=O)[C@@H](C)[C@@H]1C. The third-order valence-electron chi connectivity index (χ3n) is 7.43. The fraction of sp³-hybridized carbons (Fsp3) is 0.926. The number of rotatable bonds is 7. The Hall–Kier alpha value is 0.280. The molecule has 2 aliphatic rings. The van der Waals surface area contributed by atoms with Crippen LogP contribution in [0.1, 0.15) is 95.9 Å². The lowest BCUT2D eigenvalue weighted by molar-refractivity contribution is -0.144. The number of ether oxygens (including phenoxy) is 1. The minimum absolute atomic E-state index is 0. The van der Waals surface area contributed by atoms with Crippen LogP contribution >= 0.6 is 39.5 Å². The van der Waals surface area contributed by atoms with E-state index in [1.165, 1.54) is 13.3 Å². The Bertz CT molecular complexity index is 565. The van der Waals surface area contributed by atoms with E-state index < -0.39 is 0 Å². The maximum absolute atomic E-state index is 10.8. The molecule has 1 N–H and O–H groups in total. The van der Waals surface area contributed by atoms with Gasteiger partial charge in [0.25, 0.3) is 0 Å². The molecule has 0 aromatic heterocycles. The first-order valence-corrected chi connectivity index (χ1v) is 15.4. The number of esters is 1. The molecule has 0 aromatic rings. The van der Waals surface area contributed by atoms with Crippen molar-refractivity contribution in [1.29, 1.82) is 0 Å². The van der Waals surface area contributed by atoms with E-state index >= 15 is 0 Å². The summed E-state index contributed by atoms with van der Waals surface area (Å²) in [7, 11) is 0. The Labute approximate surface area is 228 Å². The molecule has 2 heterocycles. The molecule has 2 saturated heterocycles. The second-order valence-electron chi connectivity index (χ2n) is 9.75. The zero-order valence-corrected chi connectivity index (χ0v) is 25.6. The summed E-state index contributed by atoms with van der Waals surface area (Å²) in [6.45, 7) is 20.8. The van der Waals surface area contributed by atoms with E-state index in [1.807, 2.05) is 18.7 Å². The molecule has 0 saturated carbocycles. The van der Waals surface area contributed by atoms with Crippen molar-refractivity contribution in [2.45, 2.75) is 122 Å². The van der Waals surface area contributed by atoms with Gasteiger partial charge in [-0.25, -0.2) is 0 Å². The Morgan fingerprint density at radius 1 is 0.971 bits per heavy atom. The molecular weight excluding hydrogens is 532 g/mol. The van der Waals surface area contributed by atoms with Crippen LogP contribution in [0.4, 0.5) is 0 Å². The van der Waals surface area contributed by atoms with E-state index in [0.29, 0.717) is 44.9 Å². The van der Waals surface area contributed by atoms with Crippen molar-refractivity contribution in [3.8, 4) is 0 Å². The van der Waals surface area contributed by atoms with Crippen LogP contribution in [-0.2, 0) is 14.3 Å². The van der Waals surface area contributed by atoms with Gasteiger partial charge in [-0.15, -0.1) is 23.5 Å². The molecule has 204 valence electrons. The zero-order chi connectivity index (χ0) is 25.9. The van der Waals surface area contributed by atoms with Gasteiger partial charge in [-0.2, -0.15) is 0 Å². The maximum atomic E-state index is 10.8. The van der Waals surface area contributed by atoms with Crippen LogP contribution in [-0.4, -0.2) is 43.6 Å². The van der Waals surface area contributed by atoms with E-state index in [2.05, 4.69) is 71.3 Å². The Morgan fingerprint density at radius 2 is 1.44 bits per heavy atom. The molecule has 0 spiro atoms. The minimum Gasteiger partial charge on any atom is -0.451 e. The van der Waals surface area contributed by atoms with Crippen molar-refractivity contribution >= 4 is 51.7 Å². The highest BCUT2D eigenvalue weighted by Gasteiger charge is 2.39. The van der Waals surface area contributed by atoms with Crippen molar-refractivity contribution in [1.82, 2.24) is 0 Å². The number of carbonyl (C=O) groups is 2. The molecule has 2 fully saturated rings. The largest absolute Gasteiger partial charge is 0.451 e. The number of carbonyl (C=O) groups excluding carboxylic acids is 2. The number of thioether (sulfide) groups is 2. The first kappa shape index (κ1) is 36.4. The molecule has 0 aromatic carbocycles. The third kappa shape index (κ3) is 11.6. The number of hydrogen-bond acceptors (Lipinski definition) is 6. The predicted molar refractivity (Wildman–Crippen MR) is 156 cm³/mol. The molecule has 0 amide bonds. The third-order valence-corrected chi connectivity index (χ3v) is 12.6. The summed E-state index contributed by atoms with van der Waals surface area (Å²) >= 11 is 7.07. The lowest BCUT2D eigenvalue weighted by Crippen LogP contribution is -2.19. The highest BCUT2D eigenvalue weighted by atomic mass is 79.9. The van der Waals surface area contributed by atoms with Gasteiger partial charge in [0.1, 0.15) is 11.7 Å². The fourth-order valence-electron chi connectivity index (χ4n) is 4.09. The van der Waals surface area contributed by atoms with E-state index in [4.69, 9.17) is 4.74 Å². The summed E-state index contributed by atoms with van der Waals surface area (Å²) in [6.07, 6.45) is 4.45. The zero-order valence-electron chi connectivity index (χ0n) is 22.4. The Balaban J connectivity index is 0. The van der Waals surface area contributed by atoms with Crippen LogP contribution in [0.2, 0.25) is 0 Å². The molecule has 2 unspecified atom stereocenters. The van der Waals surface area contributed by atoms with Crippen molar-refractivity contribution < 1.29 is 19.4 Å². The van der Waals surface area contributed by atoms with Crippen LogP contribution in [0.5, 0.6) is 0 Å². The normalized spacial score (nSPS) is 34.8. The highest BCUT2D eigenvalue weighted by Crippen LogP contribution is 2.44. The van der Waals surface area contributed by atoms with Gasteiger partial charge in [0.05, 0.1) is 0 Å². The van der Waals surface area contributed by atoms with Crippen molar-refractivity contribution in [2.75, 3.05) is 0 Å². The quantitative estimate of drug-likeness (QED) is 0.185.